The highest BCUT2D eigenvalue weighted by molar-refractivity contribution is 7.13. The molecule has 7 aromatic rings. The lowest BCUT2D eigenvalue weighted by Gasteiger charge is -2.30. The number of anilines is 1. The number of nitrogens with two attached hydrogens (primary N) is 1. The number of nitrogens with zero attached hydrogens (tertiary/aromatic N) is 9. The molecule has 5 N–H and O–H groups in total. The second-order valence-corrected chi connectivity index (χ2v) is 24.6. The number of H-pyrrole nitrogens is 1. The maximum absolute atomic E-state index is 13.4. The largest absolute Gasteiger partial charge is 0.466 e. The third-order valence-corrected chi connectivity index (χ3v) is 18.4. The number of Topliss-reactive ketones (excluding diaryl/α,β-unsaturated/α-hetero) is 1. The molecule has 7 heterocycles. The van der Waals surface area contributed by atoms with Crippen LogP contribution in [0, 0.1) is 39.0 Å². The SMILES string of the molecule is CCOC(=O)CC(=O)C1CCC1.Cc1csc(-c2nc(C3CCC3)cc(=O)[nH]2)n1.Cc1csc(-c2nc(Cl)cc(C3CCC3)n2)n1.Cc1csc(-c2nc(NC3CCC(F)(F)CC3)cc(C3CCC3)n2)n1.Cc1csc(C(=N)N)n1. The molecule has 5 aliphatic carbocycles. The van der Waals surface area contributed by atoms with Crippen LogP contribution in [-0.4, -0.2) is 86.0 Å². The van der Waals surface area contributed by atoms with Crippen molar-refractivity contribution in [3.8, 4) is 32.5 Å². The topological polar surface area (TPSA) is 254 Å². The van der Waals surface area contributed by atoms with E-state index in [4.69, 9.17) is 27.7 Å². The van der Waals surface area contributed by atoms with Gasteiger partial charge in [0.05, 0.1) is 12.3 Å². The molecule has 7 aromatic heterocycles. The number of alkyl halides is 2. The van der Waals surface area contributed by atoms with Gasteiger partial charge in [-0.25, -0.2) is 53.6 Å². The van der Waals surface area contributed by atoms with E-state index < -0.39 is 5.92 Å². The van der Waals surface area contributed by atoms with Crippen LogP contribution in [0.1, 0.15) is 179 Å². The molecule has 0 amide bonds. The number of hydrogen-bond acceptors (Lipinski definition) is 19. The molecule has 5 aliphatic rings. The van der Waals surface area contributed by atoms with Gasteiger partial charge >= 0.3 is 5.97 Å². The summed E-state index contributed by atoms with van der Waals surface area (Å²) < 4.78 is 31.4. The Hall–Kier alpha value is -5.88. The summed E-state index contributed by atoms with van der Waals surface area (Å²) in [5.74, 6) is 1.55. The Balaban J connectivity index is 0.000000137. The highest BCUT2D eigenvalue weighted by Gasteiger charge is 2.35. The number of rotatable bonds is 13. The molecule has 5 saturated carbocycles. The zero-order chi connectivity index (χ0) is 56.9. The molecule has 0 aromatic carbocycles. The molecule has 80 heavy (non-hydrogen) atoms. The molecular weight excluding hydrogens is 1120 g/mol. The Morgan fingerprint density at radius 3 is 1.60 bits per heavy atom. The van der Waals surface area contributed by atoms with Crippen molar-refractivity contribution in [2.45, 2.75) is 173 Å². The van der Waals surface area contributed by atoms with Crippen molar-refractivity contribution in [1.29, 1.82) is 5.41 Å². The van der Waals surface area contributed by atoms with Crippen molar-refractivity contribution in [3.05, 3.63) is 100 Å². The number of hydrogen-bond donors (Lipinski definition) is 4. The van der Waals surface area contributed by atoms with Gasteiger partial charge in [-0.1, -0.05) is 37.3 Å². The van der Waals surface area contributed by atoms with Crippen molar-refractivity contribution in [1.82, 2.24) is 49.8 Å². The van der Waals surface area contributed by atoms with E-state index in [-0.39, 0.29) is 54.4 Å². The van der Waals surface area contributed by atoms with Crippen LogP contribution in [0.4, 0.5) is 14.6 Å². The number of esters is 1. The summed E-state index contributed by atoms with van der Waals surface area (Å²) in [6, 6.07) is 5.55. The van der Waals surface area contributed by atoms with E-state index in [1.165, 1.54) is 54.8 Å². The van der Waals surface area contributed by atoms with E-state index in [1.807, 2.05) is 61.3 Å². The lowest BCUT2D eigenvalue weighted by molar-refractivity contribution is -0.146. The van der Waals surface area contributed by atoms with Crippen LogP contribution in [0.5, 0.6) is 0 Å². The molecule has 0 aliphatic heterocycles. The van der Waals surface area contributed by atoms with Gasteiger partial charge in [-0.05, 0) is 105 Å². The normalized spacial score (nSPS) is 16.9. The molecular formula is C56H68ClF2N13O4S4. The number of ketones is 1. The number of carbonyl (C=O) groups excluding carboxylic acids is 2. The van der Waals surface area contributed by atoms with Crippen LogP contribution < -0.4 is 16.6 Å². The van der Waals surface area contributed by atoms with Gasteiger partial charge in [-0.15, -0.1) is 45.3 Å². The maximum Gasteiger partial charge on any atom is 0.313 e. The monoisotopic (exact) mass is 1190 g/mol. The van der Waals surface area contributed by atoms with E-state index in [0.29, 0.717) is 64.8 Å². The van der Waals surface area contributed by atoms with Gasteiger partial charge < -0.3 is 20.8 Å². The van der Waals surface area contributed by atoms with Crippen LogP contribution in [0.25, 0.3) is 32.5 Å². The third kappa shape index (κ3) is 17.3. The molecule has 0 unspecified atom stereocenters. The number of aromatic amines is 1. The van der Waals surface area contributed by atoms with Crippen molar-refractivity contribution in [2.24, 2.45) is 11.7 Å². The number of halogens is 3. The van der Waals surface area contributed by atoms with E-state index in [1.54, 1.807) is 35.7 Å². The van der Waals surface area contributed by atoms with E-state index in [2.05, 4.69) is 54.9 Å². The highest BCUT2D eigenvalue weighted by atomic mass is 35.5. The zero-order valence-corrected chi connectivity index (χ0v) is 49.7. The molecule has 426 valence electrons. The Kier molecular flexibility index (Phi) is 21.2. The molecule has 0 spiro atoms. The first-order valence-corrected chi connectivity index (χ1v) is 31.2. The average Bonchev–Trinajstić information content (AvgIpc) is 4.23. The van der Waals surface area contributed by atoms with Gasteiger partial charge in [-0.2, -0.15) is 0 Å². The highest BCUT2D eigenvalue weighted by Crippen LogP contribution is 2.40. The molecule has 17 nitrogen and oxygen atoms in total. The first-order chi connectivity index (χ1) is 38.4. The molecule has 0 bridgehead atoms. The fraction of sp³-hybridized carbons (Fsp3) is 0.518. The van der Waals surface area contributed by atoms with Gasteiger partial charge in [-0.3, -0.25) is 19.8 Å². The molecule has 0 saturated heterocycles. The molecule has 0 atom stereocenters. The van der Waals surface area contributed by atoms with Gasteiger partial charge in [0.2, 0.25) is 5.92 Å². The first kappa shape index (κ1) is 60.2. The van der Waals surface area contributed by atoms with Crippen LogP contribution in [0.3, 0.4) is 0 Å². The summed E-state index contributed by atoms with van der Waals surface area (Å²) in [6.07, 6.45) is 14.6. The smallest absolute Gasteiger partial charge is 0.313 e. The summed E-state index contributed by atoms with van der Waals surface area (Å²) in [5.41, 5.74) is 12.0. The lowest BCUT2D eigenvalue weighted by Crippen LogP contribution is -2.32. The summed E-state index contributed by atoms with van der Waals surface area (Å²) >= 11 is 12.1. The minimum Gasteiger partial charge on any atom is -0.466 e. The quantitative estimate of drug-likeness (QED) is 0.0275. The van der Waals surface area contributed by atoms with Gasteiger partial charge in [0, 0.05) is 110 Å². The number of ether oxygens (including phenoxy) is 1. The molecule has 12 rings (SSSR count). The fourth-order valence-corrected chi connectivity index (χ4v) is 12.0. The Morgan fingerprint density at radius 2 is 1.16 bits per heavy atom. The van der Waals surface area contributed by atoms with Crippen molar-refractivity contribution in [3.63, 3.8) is 0 Å². The number of carbonyl (C=O) groups is 2. The first-order valence-electron chi connectivity index (χ1n) is 27.3. The predicted molar refractivity (Wildman–Crippen MR) is 314 cm³/mol. The standard InChI is InChI=1S/C18H22F2N4S.C12H12ClN3S.C12H13N3OS.C9H14O3.C5H7N3S/c1-11-10-25-17(21-11)16-23-14(12-3-2-4-12)9-15(24-16)22-13-5-7-18(19,20)8-6-13;1-7-6-17-12(14-7)11-15-9(5-10(13)16-11)8-3-2-4-8;1-7-6-17-12(13-7)11-14-9(5-10(16)15-11)8-3-2-4-8;1-2-12-9(11)6-8(10)7-4-3-5-7;1-3-2-9-5(8-3)4(6)7/h9-10,12-13H,2-8H2,1H3,(H,22,23,24);5-6,8H,2-4H2,1H3;5-6,8H,2-4H2,1H3,(H,14,15,16);7H,2-6H2,1H3;2H,1H3,(H3,6,7). The van der Waals surface area contributed by atoms with Crippen LogP contribution in [0.15, 0.2) is 44.5 Å². The number of thiazole rings is 4. The predicted octanol–water partition coefficient (Wildman–Crippen LogP) is 13.5. The fourth-order valence-electron chi connectivity index (χ4n) is 8.96. The van der Waals surface area contributed by atoms with Crippen LogP contribution in [-0.2, 0) is 14.3 Å². The van der Waals surface area contributed by atoms with E-state index in [0.717, 1.165) is 106 Å². The van der Waals surface area contributed by atoms with Gasteiger partial charge in [0.25, 0.3) is 5.56 Å². The minimum absolute atomic E-state index is 0.0293. The van der Waals surface area contributed by atoms with Crippen molar-refractivity contribution >= 4 is 80.4 Å². The Bertz CT molecular complexity index is 3260. The summed E-state index contributed by atoms with van der Waals surface area (Å²) in [4.78, 5) is 76.4. The number of aromatic nitrogens is 10. The second kappa shape index (κ2) is 28.2. The number of amidine groups is 1. The Labute approximate surface area is 485 Å². The van der Waals surface area contributed by atoms with Gasteiger partial charge in [0.15, 0.2) is 43.3 Å². The van der Waals surface area contributed by atoms with Crippen molar-refractivity contribution < 1.29 is 23.1 Å². The molecule has 5 fully saturated rings. The molecule has 0 radical (unpaired) electrons. The second-order valence-electron chi connectivity index (χ2n) is 20.8. The summed E-state index contributed by atoms with van der Waals surface area (Å²) in [6.45, 7) is 9.84. The van der Waals surface area contributed by atoms with Crippen LogP contribution in [0.2, 0.25) is 5.15 Å². The Morgan fingerprint density at radius 1 is 0.675 bits per heavy atom. The minimum atomic E-state index is -2.51. The van der Waals surface area contributed by atoms with E-state index >= 15 is 0 Å². The number of aryl methyl sites for hydroxylation is 4. The summed E-state index contributed by atoms with van der Waals surface area (Å²) in [5, 5.41) is 21.8. The summed E-state index contributed by atoms with van der Waals surface area (Å²) in [7, 11) is 0. The lowest BCUT2D eigenvalue weighted by atomic mass is 9.81. The number of nitrogens with one attached hydrogen (secondary N) is 3. The average molecular weight is 1190 g/mol. The third-order valence-electron chi connectivity index (χ3n) is 14.3. The maximum atomic E-state index is 13.4. The van der Waals surface area contributed by atoms with Crippen molar-refractivity contribution in [2.75, 3.05) is 11.9 Å². The van der Waals surface area contributed by atoms with Crippen LogP contribution >= 0.6 is 56.9 Å². The van der Waals surface area contributed by atoms with Gasteiger partial charge in [0.1, 0.15) is 23.2 Å². The van der Waals surface area contributed by atoms with E-state index in [9.17, 15) is 23.2 Å². The molecule has 24 heteroatoms. The number of nitrogen functional groups attached to an aromatic ring is 1. The zero-order valence-electron chi connectivity index (χ0n) is 45.7.